The van der Waals surface area contributed by atoms with Gasteiger partial charge in [-0.2, -0.15) is 5.26 Å². The van der Waals surface area contributed by atoms with Gasteiger partial charge in [-0.25, -0.2) is 13.1 Å². The Bertz CT molecular complexity index is 793. The molecule has 6 nitrogen and oxygen atoms in total. The third-order valence-corrected chi connectivity index (χ3v) is 4.32. The van der Waals surface area contributed by atoms with Crippen LogP contribution in [-0.4, -0.2) is 15.5 Å². The van der Waals surface area contributed by atoms with E-state index < -0.39 is 10.0 Å². The number of nitriles is 1. The molecule has 0 saturated heterocycles. The highest BCUT2D eigenvalue weighted by Gasteiger charge is 2.16. The highest BCUT2D eigenvalue weighted by atomic mass is 35.5. The van der Waals surface area contributed by atoms with Crippen LogP contribution in [0.4, 0.5) is 5.69 Å². The standard InChI is InChI=1S/C13H12ClN3O3S/c1-16-21(18,19)13-5-3-10(20-13)8-17-12-4-2-9(7-15)6-11(12)14/h2-6,16-17H,8H2,1H3. The number of sulfonamides is 1. The molecule has 0 atom stereocenters. The molecule has 1 aromatic carbocycles. The molecule has 0 bridgehead atoms. The molecule has 0 radical (unpaired) electrons. The molecule has 0 amide bonds. The van der Waals surface area contributed by atoms with E-state index in [1.54, 1.807) is 24.3 Å². The van der Waals surface area contributed by atoms with E-state index in [2.05, 4.69) is 10.0 Å². The van der Waals surface area contributed by atoms with Crippen LogP contribution in [0.1, 0.15) is 11.3 Å². The van der Waals surface area contributed by atoms with Gasteiger partial charge in [0.25, 0.3) is 10.0 Å². The molecule has 8 heteroatoms. The number of nitrogens with one attached hydrogen (secondary N) is 2. The fourth-order valence-electron chi connectivity index (χ4n) is 1.61. The Balaban J connectivity index is 2.09. The lowest BCUT2D eigenvalue weighted by Gasteiger charge is -2.06. The van der Waals surface area contributed by atoms with E-state index in [1.165, 1.54) is 13.1 Å². The molecule has 2 N–H and O–H groups in total. The molecule has 110 valence electrons. The van der Waals surface area contributed by atoms with Crippen molar-refractivity contribution >= 4 is 27.3 Å². The monoisotopic (exact) mass is 325 g/mol. The number of furan rings is 1. The third kappa shape index (κ3) is 3.55. The molecule has 1 aromatic heterocycles. The predicted octanol–water partition coefficient (Wildman–Crippen LogP) is 2.32. The number of hydrogen-bond donors (Lipinski definition) is 2. The average Bonchev–Trinajstić information content (AvgIpc) is 2.95. The van der Waals surface area contributed by atoms with Gasteiger partial charge in [-0.15, -0.1) is 0 Å². The van der Waals surface area contributed by atoms with Crippen molar-refractivity contribution in [2.24, 2.45) is 0 Å². The van der Waals surface area contributed by atoms with Crippen molar-refractivity contribution in [3.05, 3.63) is 46.7 Å². The number of nitrogens with zero attached hydrogens (tertiary/aromatic N) is 1. The van der Waals surface area contributed by atoms with Crippen LogP contribution < -0.4 is 10.0 Å². The van der Waals surface area contributed by atoms with Crippen LogP contribution in [0, 0.1) is 11.3 Å². The molecule has 0 aliphatic rings. The molecule has 0 saturated carbocycles. The number of anilines is 1. The maximum atomic E-state index is 11.5. The van der Waals surface area contributed by atoms with E-state index >= 15 is 0 Å². The summed E-state index contributed by atoms with van der Waals surface area (Å²) in [5.41, 5.74) is 1.09. The van der Waals surface area contributed by atoms with Crippen LogP contribution in [0.2, 0.25) is 5.02 Å². The quantitative estimate of drug-likeness (QED) is 0.879. The maximum Gasteiger partial charge on any atom is 0.273 e. The van der Waals surface area contributed by atoms with Gasteiger partial charge >= 0.3 is 0 Å². The van der Waals surface area contributed by atoms with Crippen LogP contribution in [0.5, 0.6) is 0 Å². The van der Waals surface area contributed by atoms with Crippen LogP contribution in [0.15, 0.2) is 39.8 Å². The molecule has 0 fully saturated rings. The van der Waals surface area contributed by atoms with Gasteiger partial charge in [-0.1, -0.05) is 11.6 Å². The van der Waals surface area contributed by atoms with E-state index in [-0.39, 0.29) is 11.6 Å². The highest BCUT2D eigenvalue weighted by Crippen LogP contribution is 2.24. The molecule has 0 aliphatic carbocycles. The molecule has 0 aliphatic heterocycles. The minimum Gasteiger partial charge on any atom is -0.446 e. The van der Waals surface area contributed by atoms with Gasteiger partial charge in [0.05, 0.1) is 28.9 Å². The Morgan fingerprint density at radius 2 is 2.10 bits per heavy atom. The molecule has 21 heavy (non-hydrogen) atoms. The second-order valence-electron chi connectivity index (χ2n) is 4.09. The van der Waals surface area contributed by atoms with Gasteiger partial charge in [0.1, 0.15) is 5.76 Å². The zero-order valence-electron chi connectivity index (χ0n) is 11.1. The van der Waals surface area contributed by atoms with Crippen molar-refractivity contribution in [1.29, 1.82) is 5.26 Å². The summed E-state index contributed by atoms with van der Waals surface area (Å²) in [5.74, 6) is 0.448. The second kappa shape index (κ2) is 6.18. The normalized spacial score (nSPS) is 11.1. The van der Waals surface area contributed by atoms with Gasteiger partial charge in [-0.05, 0) is 37.4 Å². The van der Waals surface area contributed by atoms with E-state index in [0.29, 0.717) is 22.0 Å². The van der Waals surface area contributed by atoms with Crippen molar-refractivity contribution in [2.45, 2.75) is 11.6 Å². The Kier molecular flexibility index (Phi) is 4.53. The lowest BCUT2D eigenvalue weighted by atomic mass is 10.2. The zero-order chi connectivity index (χ0) is 15.5. The summed E-state index contributed by atoms with van der Waals surface area (Å²) in [6.45, 7) is 0.269. The number of hydrogen-bond acceptors (Lipinski definition) is 5. The first kappa shape index (κ1) is 15.4. The smallest absolute Gasteiger partial charge is 0.273 e. The first-order valence-corrected chi connectivity index (χ1v) is 7.78. The average molecular weight is 326 g/mol. The summed E-state index contributed by atoms with van der Waals surface area (Å²) >= 11 is 6.02. The summed E-state index contributed by atoms with van der Waals surface area (Å²) in [7, 11) is -2.27. The lowest BCUT2D eigenvalue weighted by molar-refractivity contribution is 0.417. The van der Waals surface area contributed by atoms with Crippen molar-refractivity contribution in [3.63, 3.8) is 0 Å². The SMILES string of the molecule is CNS(=O)(=O)c1ccc(CNc2ccc(C#N)cc2Cl)o1. The summed E-state index contributed by atoms with van der Waals surface area (Å²) in [4.78, 5) is 0. The summed E-state index contributed by atoms with van der Waals surface area (Å²) in [6, 6.07) is 9.79. The molecule has 2 aromatic rings. The van der Waals surface area contributed by atoms with E-state index in [1.807, 2.05) is 6.07 Å². The van der Waals surface area contributed by atoms with E-state index in [9.17, 15) is 8.42 Å². The van der Waals surface area contributed by atoms with Gasteiger partial charge in [-0.3, -0.25) is 0 Å². The Morgan fingerprint density at radius 1 is 1.33 bits per heavy atom. The fourth-order valence-corrected chi connectivity index (χ4v) is 2.52. The minimum absolute atomic E-state index is 0.146. The Hall–Kier alpha value is -2.01. The summed E-state index contributed by atoms with van der Waals surface area (Å²) in [6.07, 6.45) is 0. The van der Waals surface area contributed by atoms with Crippen LogP contribution >= 0.6 is 11.6 Å². The molecular weight excluding hydrogens is 314 g/mol. The van der Waals surface area contributed by atoms with Crippen LogP contribution in [-0.2, 0) is 16.6 Å². The lowest BCUT2D eigenvalue weighted by Crippen LogP contribution is -2.17. The Labute approximate surface area is 127 Å². The van der Waals surface area contributed by atoms with E-state index in [4.69, 9.17) is 21.3 Å². The number of rotatable bonds is 5. The van der Waals surface area contributed by atoms with Crippen LogP contribution in [0.25, 0.3) is 0 Å². The van der Waals surface area contributed by atoms with E-state index in [0.717, 1.165) is 0 Å². The largest absolute Gasteiger partial charge is 0.446 e. The zero-order valence-corrected chi connectivity index (χ0v) is 12.6. The number of halogens is 1. The summed E-state index contributed by atoms with van der Waals surface area (Å²) < 4.78 is 30.5. The van der Waals surface area contributed by atoms with Gasteiger partial charge in [0, 0.05) is 0 Å². The minimum atomic E-state index is -3.58. The predicted molar refractivity (Wildman–Crippen MR) is 78.4 cm³/mol. The van der Waals surface area contributed by atoms with Crippen LogP contribution in [0.3, 0.4) is 0 Å². The van der Waals surface area contributed by atoms with Crippen molar-refractivity contribution in [3.8, 4) is 6.07 Å². The van der Waals surface area contributed by atoms with Gasteiger partial charge in [0.2, 0.25) is 5.09 Å². The van der Waals surface area contributed by atoms with Crippen molar-refractivity contribution < 1.29 is 12.8 Å². The number of benzene rings is 1. The fraction of sp³-hybridized carbons (Fsp3) is 0.154. The van der Waals surface area contributed by atoms with Crippen molar-refractivity contribution in [2.75, 3.05) is 12.4 Å². The summed E-state index contributed by atoms with van der Waals surface area (Å²) in [5, 5.41) is 12.0. The van der Waals surface area contributed by atoms with Crippen molar-refractivity contribution in [1.82, 2.24) is 4.72 Å². The molecule has 1 heterocycles. The van der Waals surface area contributed by atoms with Gasteiger partial charge in [0.15, 0.2) is 0 Å². The van der Waals surface area contributed by atoms with Gasteiger partial charge < -0.3 is 9.73 Å². The molecular formula is C13H12ClN3O3S. The third-order valence-electron chi connectivity index (χ3n) is 2.72. The maximum absolute atomic E-state index is 11.5. The first-order chi connectivity index (χ1) is 9.96. The molecule has 2 rings (SSSR count). The molecule has 0 unspecified atom stereocenters. The second-order valence-corrected chi connectivity index (χ2v) is 6.31. The molecule has 0 spiro atoms. The topological polar surface area (TPSA) is 95.1 Å². The Morgan fingerprint density at radius 3 is 2.71 bits per heavy atom. The highest BCUT2D eigenvalue weighted by molar-refractivity contribution is 7.89. The first-order valence-electron chi connectivity index (χ1n) is 5.92.